The lowest BCUT2D eigenvalue weighted by molar-refractivity contribution is 0.0000817. The number of amides is 1. The second-order valence-corrected chi connectivity index (χ2v) is 4.65. The van der Waals surface area contributed by atoms with Gasteiger partial charge in [0.15, 0.2) is 0 Å². The van der Waals surface area contributed by atoms with Crippen LogP contribution in [-0.2, 0) is 4.74 Å². The molecular formula is C12H20ClNO3. The maximum Gasteiger partial charge on any atom is 0.404 e. The van der Waals surface area contributed by atoms with Crippen molar-refractivity contribution in [1.29, 1.82) is 0 Å². The third-order valence-corrected chi connectivity index (χ3v) is 2.50. The molecule has 2 atom stereocenters. The molecule has 0 unspecified atom stereocenters. The fourth-order valence-electron chi connectivity index (χ4n) is 1.47. The van der Waals surface area contributed by atoms with Gasteiger partial charge in [0.25, 0.3) is 0 Å². The number of nitrogens with two attached hydrogens (primary N) is 1. The number of carbonyl (C=O) groups excluding carboxylic acids is 1. The summed E-state index contributed by atoms with van der Waals surface area (Å²) < 4.78 is 4.91. The maximum atomic E-state index is 10.8. The molecule has 0 aromatic heterocycles. The Bertz CT molecular complexity index is 320. The molecule has 0 aliphatic heterocycles. The molecule has 0 bridgehead atoms. The highest BCUT2D eigenvalue weighted by Gasteiger charge is 2.28. The van der Waals surface area contributed by atoms with Gasteiger partial charge < -0.3 is 15.6 Å². The molecule has 17 heavy (non-hydrogen) atoms. The molecule has 0 heterocycles. The first-order chi connectivity index (χ1) is 7.81. The number of allylic oxidation sites excluding steroid dienone is 2. The number of carbonyl (C=O) groups is 1. The standard InChI is InChI=1S/C12H20ClNO3/c1-5-6-9(8(4)13)10(15)11(7(2)3)17-12(14)16/h5-7,10-11,15H,1-4H3,(H2,14,16)/b6-5-,9-8-/t10-,11-/m1/s1. The van der Waals surface area contributed by atoms with E-state index in [1.807, 2.05) is 20.8 Å². The third kappa shape index (κ3) is 5.24. The SMILES string of the molecule is C/C=C\C(=C(/C)Cl)[C@@H](O)[C@H](OC(N)=O)C(C)C. The molecule has 98 valence electrons. The van der Waals surface area contributed by atoms with Crippen LogP contribution in [0.4, 0.5) is 4.79 Å². The average Bonchev–Trinajstić information content (AvgIpc) is 2.20. The zero-order valence-corrected chi connectivity index (χ0v) is 11.4. The van der Waals surface area contributed by atoms with E-state index >= 15 is 0 Å². The van der Waals surface area contributed by atoms with Gasteiger partial charge in [-0.2, -0.15) is 0 Å². The minimum Gasteiger partial charge on any atom is -0.443 e. The Labute approximate surface area is 107 Å². The van der Waals surface area contributed by atoms with E-state index in [1.165, 1.54) is 0 Å². The van der Waals surface area contributed by atoms with E-state index in [9.17, 15) is 9.90 Å². The summed E-state index contributed by atoms with van der Waals surface area (Å²) in [5.74, 6) is -0.0752. The zero-order valence-electron chi connectivity index (χ0n) is 10.6. The van der Waals surface area contributed by atoms with Gasteiger partial charge >= 0.3 is 6.09 Å². The Balaban J connectivity index is 5.11. The number of rotatable bonds is 5. The second kappa shape index (κ2) is 7.35. The summed E-state index contributed by atoms with van der Waals surface area (Å²) in [5.41, 5.74) is 5.50. The number of aliphatic hydroxyl groups excluding tert-OH is 1. The molecular weight excluding hydrogens is 242 g/mol. The second-order valence-electron chi connectivity index (χ2n) is 4.08. The van der Waals surface area contributed by atoms with E-state index < -0.39 is 18.3 Å². The van der Waals surface area contributed by atoms with Crippen LogP contribution in [0.2, 0.25) is 0 Å². The number of hydrogen-bond acceptors (Lipinski definition) is 3. The Hall–Kier alpha value is -1.00. The molecule has 0 fully saturated rings. The number of hydrogen-bond donors (Lipinski definition) is 2. The minimum absolute atomic E-state index is 0.0752. The first kappa shape index (κ1) is 16.0. The molecule has 1 amide bonds. The molecule has 0 radical (unpaired) electrons. The van der Waals surface area contributed by atoms with Crippen LogP contribution in [0.3, 0.4) is 0 Å². The van der Waals surface area contributed by atoms with Crippen LogP contribution < -0.4 is 5.73 Å². The largest absolute Gasteiger partial charge is 0.443 e. The lowest BCUT2D eigenvalue weighted by Crippen LogP contribution is -2.38. The lowest BCUT2D eigenvalue weighted by atomic mass is 9.95. The topological polar surface area (TPSA) is 72.6 Å². The van der Waals surface area contributed by atoms with Crippen LogP contribution in [-0.4, -0.2) is 23.4 Å². The molecule has 0 aromatic carbocycles. The van der Waals surface area contributed by atoms with Crippen molar-refractivity contribution < 1.29 is 14.6 Å². The molecule has 0 saturated carbocycles. The summed E-state index contributed by atoms with van der Waals surface area (Å²) in [5, 5.41) is 10.6. The van der Waals surface area contributed by atoms with Crippen LogP contribution >= 0.6 is 11.6 Å². The Morgan fingerprint density at radius 3 is 2.29 bits per heavy atom. The molecule has 0 aliphatic rings. The molecule has 0 aromatic rings. The Morgan fingerprint density at radius 1 is 1.47 bits per heavy atom. The average molecular weight is 262 g/mol. The van der Waals surface area contributed by atoms with Crippen LogP contribution in [0.5, 0.6) is 0 Å². The van der Waals surface area contributed by atoms with Gasteiger partial charge in [0.2, 0.25) is 0 Å². The molecule has 5 heteroatoms. The maximum absolute atomic E-state index is 10.8. The van der Waals surface area contributed by atoms with E-state index in [0.717, 1.165) is 0 Å². The predicted molar refractivity (Wildman–Crippen MR) is 68.7 cm³/mol. The van der Waals surface area contributed by atoms with Gasteiger partial charge in [-0.25, -0.2) is 4.79 Å². The Kier molecular flexibility index (Phi) is 6.92. The van der Waals surface area contributed by atoms with Crippen molar-refractivity contribution in [3.8, 4) is 0 Å². The summed E-state index contributed by atoms with van der Waals surface area (Å²) in [6.07, 6.45) is 0.831. The van der Waals surface area contributed by atoms with Crippen LogP contribution in [0.25, 0.3) is 0 Å². The van der Waals surface area contributed by atoms with E-state index in [-0.39, 0.29) is 5.92 Å². The quantitative estimate of drug-likeness (QED) is 0.747. The van der Waals surface area contributed by atoms with Gasteiger partial charge in [0.05, 0.1) is 0 Å². The molecule has 3 N–H and O–H groups in total. The fourth-order valence-corrected chi connectivity index (χ4v) is 1.65. The summed E-state index contributed by atoms with van der Waals surface area (Å²) >= 11 is 5.90. The molecule has 0 spiro atoms. The smallest absolute Gasteiger partial charge is 0.404 e. The number of halogens is 1. The summed E-state index contributed by atoms with van der Waals surface area (Å²) in [4.78, 5) is 10.8. The van der Waals surface area contributed by atoms with E-state index in [2.05, 4.69) is 0 Å². The summed E-state index contributed by atoms with van der Waals surface area (Å²) in [7, 11) is 0. The number of primary amides is 1. The molecule has 0 aliphatic carbocycles. The Morgan fingerprint density at radius 2 is 2.00 bits per heavy atom. The van der Waals surface area contributed by atoms with E-state index in [1.54, 1.807) is 19.1 Å². The first-order valence-corrected chi connectivity index (χ1v) is 5.82. The number of ether oxygens (including phenoxy) is 1. The van der Waals surface area contributed by atoms with Gasteiger partial charge in [0, 0.05) is 5.03 Å². The monoisotopic (exact) mass is 261 g/mol. The van der Waals surface area contributed by atoms with Gasteiger partial charge in [0.1, 0.15) is 12.2 Å². The van der Waals surface area contributed by atoms with Crippen LogP contribution in [0.1, 0.15) is 27.7 Å². The van der Waals surface area contributed by atoms with Crippen molar-refractivity contribution >= 4 is 17.7 Å². The minimum atomic E-state index is -0.990. The predicted octanol–water partition coefficient (Wildman–Crippen LogP) is 2.56. The molecule has 0 saturated heterocycles. The van der Waals surface area contributed by atoms with E-state index in [0.29, 0.717) is 10.6 Å². The van der Waals surface area contributed by atoms with Crippen molar-refractivity contribution in [3.05, 3.63) is 22.8 Å². The van der Waals surface area contributed by atoms with Crippen molar-refractivity contribution in [2.45, 2.75) is 39.9 Å². The first-order valence-electron chi connectivity index (χ1n) is 5.44. The highest BCUT2D eigenvalue weighted by Crippen LogP contribution is 2.22. The van der Waals surface area contributed by atoms with Crippen molar-refractivity contribution in [1.82, 2.24) is 0 Å². The normalized spacial score (nSPS) is 16.9. The summed E-state index contributed by atoms with van der Waals surface area (Å²) in [6.45, 7) is 7.13. The van der Waals surface area contributed by atoms with E-state index in [4.69, 9.17) is 22.1 Å². The highest BCUT2D eigenvalue weighted by atomic mass is 35.5. The highest BCUT2D eigenvalue weighted by molar-refractivity contribution is 6.29. The van der Waals surface area contributed by atoms with Crippen molar-refractivity contribution in [3.63, 3.8) is 0 Å². The van der Waals surface area contributed by atoms with Gasteiger partial charge in [-0.05, 0) is 25.3 Å². The molecule has 4 nitrogen and oxygen atoms in total. The van der Waals surface area contributed by atoms with Gasteiger partial charge in [-0.1, -0.05) is 37.6 Å². The fraction of sp³-hybridized carbons (Fsp3) is 0.583. The lowest BCUT2D eigenvalue weighted by Gasteiger charge is -2.26. The molecule has 0 rings (SSSR count). The zero-order chi connectivity index (χ0) is 13.6. The van der Waals surface area contributed by atoms with Gasteiger partial charge in [-0.3, -0.25) is 0 Å². The van der Waals surface area contributed by atoms with Crippen molar-refractivity contribution in [2.24, 2.45) is 11.7 Å². The summed E-state index contributed by atoms with van der Waals surface area (Å²) in [6, 6.07) is 0. The number of aliphatic hydroxyl groups is 1. The van der Waals surface area contributed by atoms with Crippen molar-refractivity contribution in [2.75, 3.05) is 0 Å². The van der Waals surface area contributed by atoms with Crippen LogP contribution in [0.15, 0.2) is 22.8 Å². The van der Waals surface area contributed by atoms with Gasteiger partial charge in [-0.15, -0.1) is 0 Å². The third-order valence-electron chi connectivity index (χ3n) is 2.28. The van der Waals surface area contributed by atoms with Crippen LogP contribution in [0, 0.1) is 5.92 Å².